The Hall–Kier alpha value is -1.59. The Morgan fingerprint density at radius 2 is 1.92 bits per heavy atom. The Balaban J connectivity index is 1.33. The fourth-order valence-electron chi connectivity index (χ4n) is 4.18. The van der Waals surface area contributed by atoms with Crippen molar-refractivity contribution in [2.24, 2.45) is 17.8 Å². The van der Waals surface area contributed by atoms with Gasteiger partial charge in [0.1, 0.15) is 18.5 Å². The molecule has 2 saturated carbocycles. The van der Waals surface area contributed by atoms with Gasteiger partial charge >= 0.3 is 0 Å². The lowest BCUT2D eigenvalue weighted by Crippen LogP contribution is -2.35. The number of anilines is 1. The number of fused-ring (bicyclic) bond motifs is 1. The van der Waals surface area contributed by atoms with Gasteiger partial charge in [-0.25, -0.2) is 0 Å². The number of rotatable bonds is 10. The van der Waals surface area contributed by atoms with E-state index in [1.165, 1.54) is 19.3 Å². The lowest BCUT2D eigenvalue weighted by molar-refractivity contribution is -0.116. The molecule has 3 N–H and O–H groups in total. The molecular formula is C21H32N2O3. The van der Waals surface area contributed by atoms with Crippen LogP contribution in [0.15, 0.2) is 24.3 Å². The molecule has 2 fully saturated rings. The first-order valence-electron chi connectivity index (χ1n) is 9.97. The van der Waals surface area contributed by atoms with Crippen LogP contribution in [0, 0.1) is 17.8 Å². The summed E-state index contributed by atoms with van der Waals surface area (Å²) in [6.07, 6.45) is 5.24. The summed E-state index contributed by atoms with van der Waals surface area (Å²) in [5.41, 5.74) is 0.792. The van der Waals surface area contributed by atoms with Crippen LogP contribution in [0.5, 0.6) is 5.75 Å². The van der Waals surface area contributed by atoms with Crippen molar-refractivity contribution in [3.8, 4) is 5.75 Å². The van der Waals surface area contributed by atoms with Crippen LogP contribution in [-0.2, 0) is 4.79 Å². The minimum Gasteiger partial charge on any atom is -0.491 e. The monoisotopic (exact) mass is 360 g/mol. The Morgan fingerprint density at radius 3 is 2.58 bits per heavy atom. The number of carbonyl (C=O) groups excluding carboxylic acids is 1. The van der Waals surface area contributed by atoms with Crippen molar-refractivity contribution in [2.45, 2.75) is 58.1 Å². The van der Waals surface area contributed by atoms with Gasteiger partial charge in [-0.3, -0.25) is 4.79 Å². The van der Waals surface area contributed by atoms with E-state index in [-0.39, 0.29) is 12.5 Å². The van der Waals surface area contributed by atoms with E-state index in [1.54, 1.807) is 0 Å². The molecule has 144 valence electrons. The molecule has 3 unspecified atom stereocenters. The average molecular weight is 360 g/mol. The van der Waals surface area contributed by atoms with Gasteiger partial charge in [0, 0.05) is 24.7 Å². The molecule has 0 spiro atoms. The number of carbonyl (C=O) groups is 1. The van der Waals surface area contributed by atoms with Gasteiger partial charge in [0.05, 0.1) is 0 Å². The zero-order chi connectivity index (χ0) is 18.5. The van der Waals surface area contributed by atoms with Crippen LogP contribution in [0.1, 0.15) is 46.0 Å². The Labute approximate surface area is 156 Å². The number of hydrogen-bond acceptors (Lipinski definition) is 4. The SMILES string of the molecule is CC(C)NCC(O)COc1ccc(NC(=O)CCC2C3CCCC32)cc1. The summed E-state index contributed by atoms with van der Waals surface area (Å²) in [5, 5.41) is 16.0. The zero-order valence-electron chi connectivity index (χ0n) is 15.9. The fourth-order valence-corrected chi connectivity index (χ4v) is 4.18. The topological polar surface area (TPSA) is 70.6 Å². The molecule has 0 bridgehead atoms. The van der Waals surface area contributed by atoms with Crippen molar-refractivity contribution in [3.05, 3.63) is 24.3 Å². The maximum absolute atomic E-state index is 12.1. The molecular weight excluding hydrogens is 328 g/mol. The summed E-state index contributed by atoms with van der Waals surface area (Å²) < 4.78 is 5.59. The summed E-state index contributed by atoms with van der Waals surface area (Å²) >= 11 is 0. The fraction of sp³-hybridized carbons (Fsp3) is 0.667. The van der Waals surface area contributed by atoms with Crippen LogP contribution >= 0.6 is 0 Å². The summed E-state index contributed by atoms with van der Waals surface area (Å²) in [5.74, 6) is 3.44. The van der Waals surface area contributed by atoms with E-state index in [2.05, 4.69) is 10.6 Å². The van der Waals surface area contributed by atoms with Crippen molar-refractivity contribution in [2.75, 3.05) is 18.5 Å². The van der Waals surface area contributed by atoms with Gasteiger partial charge in [-0.05, 0) is 61.3 Å². The lowest BCUT2D eigenvalue weighted by Gasteiger charge is -2.15. The highest BCUT2D eigenvalue weighted by Crippen LogP contribution is 2.59. The summed E-state index contributed by atoms with van der Waals surface area (Å²) in [6, 6.07) is 7.68. The minimum atomic E-state index is -0.543. The second kappa shape index (κ2) is 8.87. The number of aliphatic hydroxyl groups excluding tert-OH is 1. The van der Waals surface area contributed by atoms with Crippen LogP contribution in [-0.4, -0.2) is 36.3 Å². The molecule has 0 aromatic heterocycles. The standard InChI is InChI=1S/C21H32N2O3/c1-14(2)22-12-16(24)13-26-17-8-6-15(7-9-17)23-21(25)11-10-20-18-4-3-5-19(18)20/h6-9,14,16,18-20,22,24H,3-5,10-13H2,1-2H3,(H,23,25). The van der Waals surface area contributed by atoms with Crippen LogP contribution in [0.4, 0.5) is 5.69 Å². The largest absolute Gasteiger partial charge is 0.491 e. The van der Waals surface area contributed by atoms with Gasteiger partial charge < -0.3 is 20.5 Å². The van der Waals surface area contributed by atoms with Crippen LogP contribution in [0.25, 0.3) is 0 Å². The summed E-state index contributed by atoms with van der Waals surface area (Å²) in [6.45, 7) is 4.83. The molecule has 0 aliphatic heterocycles. The highest BCUT2D eigenvalue weighted by atomic mass is 16.5. The first-order valence-corrected chi connectivity index (χ1v) is 9.97. The normalized spacial score (nSPS) is 25.0. The molecule has 1 aromatic carbocycles. The quantitative estimate of drug-likeness (QED) is 0.599. The van der Waals surface area contributed by atoms with Crippen molar-refractivity contribution in [1.82, 2.24) is 5.32 Å². The van der Waals surface area contributed by atoms with Gasteiger partial charge in [-0.2, -0.15) is 0 Å². The van der Waals surface area contributed by atoms with E-state index in [0.717, 1.165) is 29.9 Å². The first kappa shape index (κ1) is 19.2. The van der Waals surface area contributed by atoms with Crippen molar-refractivity contribution < 1.29 is 14.6 Å². The van der Waals surface area contributed by atoms with Gasteiger partial charge in [-0.1, -0.05) is 20.3 Å². The van der Waals surface area contributed by atoms with Gasteiger partial charge in [0.25, 0.3) is 0 Å². The van der Waals surface area contributed by atoms with E-state index in [1.807, 2.05) is 38.1 Å². The van der Waals surface area contributed by atoms with Crippen molar-refractivity contribution >= 4 is 11.6 Å². The second-order valence-corrected chi connectivity index (χ2v) is 8.06. The maximum atomic E-state index is 12.1. The van der Waals surface area contributed by atoms with E-state index < -0.39 is 6.10 Å². The smallest absolute Gasteiger partial charge is 0.224 e. The summed E-state index contributed by atoms with van der Waals surface area (Å²) in [7, 11) is 0. The molecule has 0 saturated heterocycles. The molecule has 0 radical (unpaired) electrons. The van der Waals surface area contributed by atoms with Crippen LogP contribution < -0.4 is 15.4 Å². The molecule has 3 atom stereocenters. The molecule has 5 nitrogen and oxygen atoms in total. The maximum Gasteiger partial charge on any atom is 0.224 e. The Bertz CT molecular complexity index is 577. The molecule has 2 aliphatic carbocycles. The number of ether oxygens (including phenoxy) is 1. The highest BCUT2D eigenvalue weighted by molar-refractivity contribution is 5.90. The third kappa shape index (κ3) is 5.45. The van der Waals surface area contributed by atoms with Gasteiger partial charge in [0.15, 0.2) is 0 Å². The molecule has 2 aliphatic rings. The summed E-state index contributed by atoms with van der Waals surface area (Å²) in [4.78, 5) is 12.1. The predicted octanol–water partition coefficient (Wildman–Crippen LogP) is 3.19. The molecule has 3 rings (SSSR count). The van der Waals surface area contributed by atoms with E-state index in [4.69, 9.17) is 4.74 Å². The second-order valence-electron chi connectivity index (χ2n) is 8.06. The highest BCUT2D eigenvalue weighted by Gasteiger charge is 2.51. The minimum absolute atomic E-state index is 0.0961. The van der Waals surface area contributed by atoms with Crippen LogP contribution in [0.3, 0.4) is 0 Å². The van der Waals surface area contributed by atoms with Gasteiger partial charge in [-0.15, -0.1) is 0 Å². The number of hydrogen-bond donors (Lipinski definition) is 3. The zero-order valence-corrected chi connectivity index (χ0v) is 15.9. The number of nitrogens with one attached hydrogen (secondary N) is 2. The van der Waals surface area contributed by atoms with E-state index in [9.17, 15) is 9.90 Å². The Morgan fingerprint density at radius 1 is 1.23 bits per heavy atom. The average Bonchev–Trinajstić information content (AvgIpc) is 3.04. The molecule has 1 amide bonds. The molecule has 5 heteroatoms. The van der Waals surface area contributed by atoms with E-state index in [0.29, 0.717) is 24.8 Å². The number of aliphatic hydroxyl groups is 1. The third-order valence-corrected chi connectivity index (χ3v) is 5.63. The lowest BCUT2D eigenvalue weighted by atomic mass is 10.1. The molecule has 0 heterocycles. The number of benzene rings is 1. The molecule has 1 aromatic rings. The predicted molar refractivity (Wildman–Crippen MR) is 103 cm³/mol. The molecule has 26 heavy (non-hydrogen) atoms. The van der Waals surface area contributed by atoms with Gasteiger partial charge in [0.2, 0.25) is 5.91 Å². The van der Waals surface area contributed by atoms with Crippen molar-refractivity contribution in [1.29, 1.82) is 0 Å². The third-order valence-electron chi connectivity index (χ3n) is 5.63. The van der Waals surface area contributed by atoms with Crippen molar-refractivity contribution in [3.63, 3.8) is 0 Å². The number of amides is 1. The van der Waals surface area contributed by atoms with Crippen LogP contribution in [0.2, 0.25) is 0 Å². The first-order chi connectivity index (χ1) is 12.5. The van der Waals surface area contributed by atoms with E-state index >= 15 is 0 Å². The Kier molecular flexibility index (Phi) is 6.54.